The quantitative estimate of drug-likeness (QED) is 0.849. The zero-order chi connectivity index (χ0) is 15.0. The molecule has 0 radical (unpaired) electrons. The summed E-state index contributed by atoms with van der Waals surface area (Å²) in [5.74, 6) is 0.878. The zero-order valence-corrected chi connectivity index (χ0v) is 12.9. The van der Waals surface area contributed by atoms with Gasteiger partial charge in [-0.1, -0.05) is 23.4 Å². The van der Waals surface area contributed by atoms with Crippen LogP contribution in [-0.4, -0.2) is 38.9 Å². The molecule has 108 valence electrons. The van der Waals surface area contributed by atoms with Gasteiger partial charge in [-0.05, 0) is 31.2 Å². The average molecular weight is 323 g/mol. The topological polar surface area (TPSA) is 69.4 Å². The Morgan fingerprint density at radius 3 is 2.67 bits per heavy atom. The number of Topliss-reactive ketones (excluding diaryl/α,β-unsaturated/α-hetero) is 1. The smallest absolute Gasteiger partial charge is 0.228 e. The summed E-state index contributed by atoms with van der Waals surface area (Å²) in [7, 11) is 1.49. The van der Waals surface area contributed by atoms with Gasteiger partial charge in [0.1, 0.15) is 5.25 Å². The van der Waals surface area contributed by atoms with Gasteiger partial charge in [-0.3, -0.25) is 4.79 Å². The minimum Gasteiger partial charge on any atom is -0.482 e. The number of carbonyl (C=O) groups is 1. The molecule has 1 aliphatic heterocycles. The van der Waals surface area contributed by atoms with E-state index in [4.69, 9.17) is 16.3 Å². The van der Waals surface area contributed by atoms with Gasteiger partial charge in [-0.15, -0.1) is 15.3 Å². The molecule has 1 aliphatic rings. The minimum absolute atomic E-state index is 0.0390. The second-order valence-electron chi connectivity index (χ2n) is 4.38. The van der Waals surface area contributed by atoms with Crippen molar-refractivity contribution in [1.29, 1.82) is 0 Å². The number of rotatable bonds is 2. The van der Waals surface area contributed by atoms with E-state index in [1.807, 2.05) is 12.1 Å². The largest absolute Gasteiger partial charge is 0.482 e. The maximum absolute atomic E-state index is 11.6. The molecule has 8 heteroatoms. The van der Waals surface area contributed by atoms with Crippen LogP contribution in [0.1, 0.15) is 6.92 Å². The van der Waals surface area contributed by atoms with Crippen molar-refractivity contribution in [2.24, 2.45) is 5.10 Å². The summed E-state index contributed by atoms with van der Waals surface area (Å²) >= 11 is 7.16. The summed E-state index contributed by atoms with van der Waals surface area (Å²) in [4.78, 5) is 11.6. The molecule has 3 rings (SSSR count). The number of halogens is 1. The highest BCUT2D eigenvalue weighted by Crippen LogP contribution is 2.32. The number of hydrogen-bond acceptors (Lipinski definition) is 6. The van der Waals surface area contributed by atoms with Crippen molar-refractivity contribution < 1.29 is 9.53 Å². The number of ether oxygens (including phenoxy) is 1. The molecule has 0 amide bonds. The number of fused-ring (bicyclic) bond motifs is 1. The third kappa shape index (κ3) is 2.54. The van der Waals surface area contributed by atoms with Crippen LogP contribution >= 0.6 is 23.4 Å². The number of thioether (sulfide) groups is 1. The summed E-state index contributed by atoms with van der Waals surface area (Å²) in [6.07, 6.45) is 0. The minimum atomic E-state index is -0.482. The molecule has 0 aliphatic carbocycles. The molecule has 21 heavy (non-hydrogen) atoms. The number of benzene rings is 1. The molecular weight excluding hydrogens is 312 g/mol. The second kappa shape index (κ2) is 5.50. The van der Waals surface area contributed by atoms with Gasteiger partial charge in [0.2, 0.25) is 11.1 Å². The van der Waals surface area contributed by atoms with Gasteiger partial charge in [-0.2, -0.15) is 4.68 Å². The van der Waals surface area contributed by atoms with Crippen molar-refractivity contribution in [1.82, 2.24) is 14.9 Å². The third-order valence-electron chi connectivity index (χ3n) is 2.94. The molecule has 1 atom stereocenters. The van der Waals surface area contributed by atoms with Crippen molar-refractivity contribution in [2.75, 3.05) is 7.11 Å². The molecule has 0 spiro atoms. The van der Waals surface area contributed by atoms with Crippen LogP contribution in [0.2, 0.25) is 5.02 Å². The van der Waals surface area contributed by atoms with Crippen LogP contribution in [0.25, 0.3) is 11.4 Å². The normalized spacial score (nSPS) is 17.1. The number of ketones is 1. The lowest BCUT2D eigenvalue weighted by atomic mass is 10.2. The van der Waals surface area contributed by atoms with Gasteiger partial charge in [0.15, 0.2) is 11.6 Å². The number of carbonyl (C=O) groups excluding carboxylic acids is 1. The molecule has 0 fully saturated rings. The van der Waals surface area contributed by atoms with Crippen LogP contribution in [0, 0.1) is 0 Å². The van der Waals surface area contributed by atoms with Gasteiger partial charge in [-0.25, -0.2) is 0 Å². The summed E-state index contributed by atoms with van der Waals surface area (Å²) < 4.78 is 6.79. The van der Waals surface area contributed by atoms with Crippen molar-refractivity contribution in [3.8, 4) is 11.4 Å². The van der Waals surface area contributed by atoms with Crippen molar-refractivity contribution in [3.63, 3.8) is 0 Å². The highest BCUT2D eigenvalue weighted by Gasteiger charge is 2.32. The van der Waals surface area contributed by atoms with Crippen LogP contribution in [0.15, 0.2) is 34.5 Å². The van der Waals surface area contributed by atoms with Gasteiger partial charge in [0.05, 0.1) is 7.11 Å². The Labute approximate surface area is 130 Å². The van der Waals surface area contributed by atoms with Crippen molar-refractivity contribution in [3.05, 3.63) is 29.3 Å². The fourth-order valence-electron chi connectivity index (χ4n) is 1.92. The fourth-order valence-corrected chi connectivity index (χ4v) is 2.98. The zero-order valence-electron chi connectivity index (χ0n) is 11.3. The molecule has 1 aromatic carbocycles. The predicted octanol–water partition coefficient (Wildman–Crippen LogP) is 2.47. The molecule has 1 aromatic heterocycles. The van der Waals surface area contributed by atoms with E-state index in [1.54, 1.807) is 16.8 Å². The van der Waals surface area contributed by atoms with E-state index in [0.717, 1.165) is 5.56 Å². The van der Waals surface area contributed by atoms with E-state index >= 15 is 0 Å². The lowest BCUT2D eigenvalue weighted by Gasteiger charge is -2.19. The molecule has 0 saturated heterocycles. The number of aromatic nitrogens is 3. The first kappa shape index (κ1) is 14.1. The monoisotopic (exact) mass is 322 g/mol. The Morgan fingerprint density at radius 1 is 1.33 bits per heavy atom. The SMILES string of the molecule is COC1=Nn2c(nnc2-c2ccc(Cl)cc2)SC1C(C)=O. The van der Waals surface area contributed by atoms with E-state index in [9.17, 15) is 4.79 Å². The van der Waals surface area contributed by atoms with Crippen molar-refractivity contribution in [2.45, 2.75) is 17.3 Å². The summed E-state index contributed by atoms with van der Waals surface area (Å²) in [5.41, 5.74) is 0.833. The second-order valence-corrected chi connectivity index (χ2v) is 5.88. The lowest BCUT2D eigenvalue weighted by molar-refractivity contribution is -0.115. The molecular formula is C13H11ClN4O2S. The summed E-state index contributed by atoms with van der Waals surface area (Å²) in [6.45, 7) is 1.50. The van der Waals surface area contributed by atoms with Crippen LogP contribution < -0.4 is 0 Å². The van der Waals surface area contributed by atoms with Gasteiger partial charge in [0, 0.05) is 10.6 Å². The van der Waals surface area contributed by atoms with Crippen LogP contribution in [-0.2, 0) is 9.53 Å². The standard InChI is InChI=1S/C13H11ClN4O2S/c1-7(19)10-12(20-2)17-18-11(15-16-13(18)21-10)8-3-5-9(14)6-4-8/h3-6,10H,1-2H3. The summed E-state index contributed by atoms with van der Waals surface area (Å²) in [5, 5.41) is 13.3. The van der Waals surface area contributed by atoms with E-state index in [-0.39, 0.29) is 5.78 Å². The van der Waals surface area contributed by atoms with E-state index in [2.05, 4.69) is 15.3 Å². The maximum atomic E-state index is 11.6. The number of methoxy groups -OCH3 is 1. The maximum Gasteiger partial charge on any atom is 0.228 e. The first-order valence-electron chi connectivity index (χ1n) is 6.11. The van der Waals surface area contributed by atoms with Crippen LogP contribution in [0.5, 0.6) is 0 Å². The highest BCUT2D eigenvalue weighted by atomic mass is 35.5. The molecule has 1 unspecified atom stereocenters. The Morgan fingerprint density at radius 2 is 2.05 bits per heavy atom. The van der Waals surface area contributed by atoms with E-state index < -0.39 is 5.25 Å². The fraction of sp³-hybridized carbons (Fsp3) is 0.231. The Balaban J connectivity index is 2.06. The van der Waals surface area contributed by atoms with Crippen molar-refractivity contribution >= 4 is 35.0 Å². The first-order valence-corrected chi connectivity index (χ1v) is 7.37. The van der Waals surface area contributed by atoms with Crippen LogP contribution in [0.4, 0.5) is 0 Å². The van der Waals surface area contributed by atoms with Gasteiger partial charge in [0.25, 0.3) is 0 Å². The summed E-state index contributed by atoms with van der Waals surface area (Å²) in [6, 6.07) is 7.22. The molecule has 6 nitrogen and oxygen atoms in total. The van der Waals surface area contributed by atoms with E-state index in [0.29, 0.717) is 21.9 Å². The average Bonchev–Trinajstić information content (AvgIpc) is 2.89. The predicted molar refractivity (Wildman–Crippen MR) is 80.6 cm³/mol. The Hall–Kier alpha value is -1.86. The van der Waals surface area contributed by atoms with Gasteiger partial charge >= 0.3 is 0 Å². The lowest BCUT2D eigenvalue weighted by Crippen LogP contribution is -2.30. The molecule has 2 heterocycles. The third-order valence-corrected chi connectivity index (χ3v) is 4.43. The number of nitrogens with zero attached hydrogens (tertiary/aromatic N) is 4. The van der Waals surface area contributed by atoms with Gasteiger partial charge < -0.3 is 4.74 Å². The first-order chi connectivity index (χ1) is 10.1. The molecule has 2 aromatic rings. The van der Waals surface area contributed by atoms with Crippen LogP contribution in [0.3, 0.4) is 0 Å². The molecule has 0 saturated carbocycles. The Kier molecular flexibility index (Phi) is 3.69. The van der Waals surface area contributed by atoms with E-state index in [1.165, 1.54) is 25.8 Å². The number of hydrogen-bond donors (Lipinski definition) is 0. The Bertz CT molecular complexity index is 726. The molecule has 0 bridgehead atoms. The highest BCUT2D eigenvalue weighted by molar-refractivity contribution is 8.01. The molecule has 0 N–H and O–H groups in total.